The average molecular weight is 360 g/mol. The maximum atomic E-state index is 13.1. The monoisotopic (exact) mass is 359 g/mol. The van der Waals surface area contributed by atoms with Crippen LogP contribution in [0.1, 0.15) is 42.9 Å². The largest absolute Gasteiger partial charge is 0.384 e. The topological polar surface area (TPSA) is 53.6 Å². The molecule has 26 heavy (non-hydrogen) atoms. The number of amides is 1. The maximum absolute atomic E-state index is 13.1. The van der Waals surface area contributed by atoms with Gasteiger partial charge in [0.1, 0.15) is 0 Å². The SMILES string of the molecule is COCC1(C(=O)NCC(c2ccc(C)cc2)N2CCCC2)CCNCC1. The third kappa shape index (κ3) is 4.45. The highest BCUT2D eigenvalue weighted by atomic mass is 16.5. The number of nitrogens with zero attached hydrogens (tertiary/aromatic N) is 1. The first kappa shape index (κ1) is 19.3. The Morgan fingerprint density at radius 1 is 1.23 bits per heavy atom. The Hall–Kier alpha value is -1.43. The molecule has 5 heteroatoms. The molecular formula is C21H33N3O2. The number of benzene rings is 1. The summed E-state index contributed by atoms with van der Waals surface area (Å²) in [5.74, 6) is 0.150. The van der Waals surface area contributed by atoms with Crippen LogP contribution in [0, 0.1) is 12.3 Å². The van der Waals surface area contributed by atoms with Crippen LogP contribution in [-0.4, -0.2) is 57.2 Å². The van der Waals surface area contributed by atoms with E-state index in [-0.39, 0.29) is 17.4 Å². The van der Waals surface area contributed by atoms with Gasteiger partial charge in [0.15, 0.2) is 0 Å². The average Bonchev–Trinajstić information content (AvgIpc) is 3.18. The Bertz CT molecular complexity index is 570. The molecule has 2 N–H and O–H groups in total. The van der Waals surface area contributed by atoms with Crippen molar-refractivity contribution >= 4 is 5.91 Å². The van der Waals surface area contributed by atoms with Crippen molar-refractivity contribution in [3.8, 4) is 0 Å². The number of methoxy groups -OCH3 is 1. The van der Waals surface area contributed by atoms with E-state index in [1.165, 1.54) is 24.0 Å². The first-order valence-corrected chi connectivity index (χ1v) is 9.93. The molecule has 0 spiro atoms. The molecule has 2 saturated heterocycles. The van der Waals surface area contributed by atoms with Gasteiger partial charge in [-0.25, -0.2) is 0 Å². The fourth-order valence-electron chi connectivity index (χ4n) is 4.30. The van der Waals surface area contributed by atoms with Crippen molar-refractivity contribution in [1.29, 1.82) is 0 Å². The molecule has 2 heterocycles. The number of piperidine rings is 1. The van der Waals surface area contributed by atoms with Crippen LogP contribution in [0.4, 0.5) is 0 Å². The van der Waals surface area contributed by atoms with E-state index in [0.29, 0.717) is 13.2 Å². The van der Waals surface area contributed by atoms with Gasteiger partial charge in [0, 0.05) is 13.7 Å². The van der Waals surface area contributed by atoms with E-state index in [9.17, 15) is 4.79 Å². The Morgan fingerprint density at radius 3 is 2.50 bits per heavy atom. The van der Waals surface area contributed by atoms with Crippen LogP contribution in [0.3, 0.4) is 0 Å². The zero-order chi connectivity index (χ0) is 18.4. The normalized spacial score (nSPS) is 21.5. The molecule has 0 radical (unpaired) electrons. The molecule has 1 unspecified atom stereocenters. The molecule has 0 aromatic heterocycles. The number of carbonyl (C=O) groups excluding carboxylic acids is 1. The van der Waals surface area contributed by atoms with Gasteiger partial charge >= 0.3 is 0 Å². The second-order valence-corrected chi connectivity index (χ2v) is 7.84. The standard InChI is InChI=1S/C21H33N3O2/c1-17-5-7-18(8-6-17)19(24-13-3-4-14-24)15-23-20(25)21(16-26-2)9-11-22-12-10-21/h5-8,19,22H,3-4,9-16H2,1-2H3,(H,23,25). The molecule has 0 saturated carbocycles. The lowest BCUT2D eigenvalue weighted by molar-refractivity contribution is -0.136. The van der Waals surface area contributed by atoms with Gasteiger partial charge < -0.3 is 15.4 Å². The molecule has 2 aliphatic heterocycles. The number of ether oxygens (including phenoxy) is 1. The Labute approximate surface area is 157 Å². The fraction of sp³-hybridized carbons (Fsp3) is 0.667. The molecule has 1 aromatic rings. The number of hydrogen-bond acceptors (Lipinski definition) is 4. The van der Waals surface area contributed by atoms with Gasteiger partial charge in [-0.1, -0.05) is 29.8 Å². The van der Waals surface area contributed by atoms with Crippen molar-refractivity contribution in [2.24, 2.45) is 5.41 Å². The minimum atomic E-state index is -0.386. The Balaban J connectivity index is 1.70. The number of rotatable bonds is 7. The third-order valence-electron chi connectivity index (χ3n) is 5.96. The van der Waals surface area contributed by atoms with Gasteiger partial charge in [-0.05, 0) is 64.3 Å². The molecule has 1 atom stereocenters. The zero-order valence-corrected chi connectivity index (χ0v) is 16.2. The van der Waals surface area contributed by atoms with E-state index < -0.39 is 0 Å². The van der Waals surface area contributed by atoms with Crippen LogP contribution in [0.5, 0.6) is 0 Å². The highest BCUT2D eigenvalue weighted by Crippen LogP contribution is 2.30. The van der Waals surface area contributed by atoms with Crippen LogP contribution in [0.25, 0.3) is 0 Å². The molecule has 144 valence electrons. The number of nitrogens with one attached hydrogen (secondary N) is 2. The van der Waals surface area contributed by atoms with Crippen LogP contribution in [-0.2, 0) is 9.53 Å². The first-order valence-electron chi connectivity index (χ1n) is 9.93. The summed E-state index contributed by atoms with van der Waals surface area (Å²) >= 11 is 0. The third-order valence-corrected chi connectivity index (χ3v) is 5.96. The first-order chi connectivity index (χ1) is 12.6. The van der Waals surface area contributed by atoms with Crippen molar-refractivity contribution in [2.45, 2.75) is 38.6 Å². The fourth-order valence-corrected chi connectivity index (χ4v) is 4.30. The predicted molar refractivity (Wildman–Crippen MR) is 104 cm³/mol. The summed E-state index contributed by atoms with van der Waals surface area (Å²) in [5, 5.41) is 6.63. The van der Waals surface area contributed by atoms with Crippen molar-refractivity contribution < 1.29 is 9.53 Å². The van der Waals surface area contributed by atoms with E-state index >= 15 is 0 Å². The van der Waals surface area contributed by atoms with Gasteiger partial charge in [0.25, 0.3) is 0 Å². The second-order valence-electron chi connectivity index (χ2n) is 7.84. The summed E-state index contributed by atoms with van der Waals surface area (Å²) in [4.78, 5) is 15.6. The molecule has 1 amide bonds. The van der Waals surface area contributed by atoms with Gasteiger partial charge in [-0.15, -0.1) is 0 Å². The van der Waals surface area contributed by atoms with Crippen LogP contribution < -0.4 is 10.6 Å². The van der Waals surface area contributed by atoms with E-state index in [1.54, 1.807) is 7.11 Å². The summed E-state index contributed by atoms with van der Waals surface area (Å²) in [6.07, 6.45) is 4.17. The number of hydrogen-bond donors (Lipinski definition) is 2. The number of carbonyl (C=O) groups is 1. The maximum Gasteiger partial charge on any atom is 0.228 e. The highest BCUT2D eigenvalue weighted by Gasteiger charge is 2.40. The zero-order valence-electron chi connectivity index (χ0n) is 16.2. The molecular weight excluding hydrogens is 326 g/mol. The van der Waals surface area contributed by atoms with Crippen molar-refractivity contribution in [1.82, 2.24) is 15.5 Å². The predicted octanol–water partition coefficient (Wildman–Crippen LogP) is 2.26. The molecule has 5 nitrogen and oxygen atoms in total. The Morgan fingerprint density at radius 2 is 1.88 bits per heavy atom. The van der Waals surface area contributed by atoms with Crippen LogP contribution >= 0.6 is 0 Å². The van der Waals surface area contributed by atoms with E-state index in [0.717, 1.165) is 39.0 Å². The molecule has 2 aliphatic rings. The van der Waals surface area contributed by atoms with E-state index in [2.05, 4.69) is 46.7 Å². The summed E-state index contributed by atoms with van der Waals surface area (Å²) in [7, 11) is 1.69. The molecule has 0 aliphatic carbocycles. The highest BCUT2D eigenvalue weighted by molar-refractivity contribution is 5.83. The van der Waals surface area contributed by atoms with Gasteiger partial charge in [0.2, 0.25) is 5.91 Å². The Kier molecular flexibility index (Phi) is 6.68. The summed E-state index contributed by atoms with van der Waals surface area (Å²) in [6.45, 7) is 7.26. The lowest BCUT2D eigenvalue weighted by atomic mass is 9.78. The van der Waals surface area contributed by atoms with Gasteiger partial charge in [-0.2, -0.15) is 0 Å². The quantitative estimate of drug-likeness (QED) is 0.784. The van der Waals surface area contributed by atoms with Crippen molar-refractivity contribution in [3.63, 3.8) is 0 Å². The van der Waals surface area contributed by atoms with Crippen LogP contribution in [0.2, 0.25) is 0 Å². The molecule has 0 bridgehead atoms. The number of aryl methyl sites for hydroxylation is 1. The lowest BCUT2D eigenvalue weighted by Crippen LogP contribution is -2.51. The van der Waals surface area contributed by atoms with Gasteiger partial charge in [-0.3, -0.25) is 9.69 Å². The molecule has 3 rings (SSSR count). The van der Waals surface area contributed by atoms with Crippen molar-refractivity contribution in [3.05, 3.63) is 35.4 Å². The number of likely N-dealkylation sites (tertiary alicyclic amines) is 1. The van der Waals surface area contributed by atoms with Crippen molar-refractivity contribution in [2.75, 3.05) is 46.4 Å². The van der Waals surface area contributed by atoms with Crippen LogP contribution in [0.15, 0.2) is 24.3 Å². The molecule has 1 aromatic carbocycles. The smallest absolute Gasteiger partial charge is 0.228 e. The second kappa shape index (κ2) is 8.98. The summed E-state index contributed by atoms with van der Waals surface area (Å²) in [5.41, 5.74) is 2.18. The minimum absolute atomic E-state index is 0.150. The minimum Gasteiger partial charge on any atom is -0.384 e. The van der Waals surface area contributed by atoms with Gasteiger partial charge in [0.05, 0.1) is 18.1 Å². The molecule has 2 fully saturated rings. The van der Waals surface area contributed by atoms with E-state index in [1.807, 2.05) is 0 Å². The summed E-state index contributed by atoms with van der Waals surface area (Å²) in [6, 6.07) is 9.00. The van der Waals surface area contributed by atoms with E-state index in [4.69, 9.17) is 4.74 Å². The lowest BCUT2D eigenvalue weighted by Gasteiger charge is -2.36. The summed E-state index contributed by atoms with van der Waals surface area (Å²) < 4.78 is 5.41.